The van der Waals surface area contributed by atoms with Crippen LogP contribution < -0.4 is 5.32 Å². The summed E-state index contributed by atoms with van der Waals surface area (Å²) in [4.78, 5) is 44.7. The molecule has 170 valence electrons. The van der Waals surface area contributed by atoms with Crippen LogP contribution >= 0.6 is 0 Å². The number of aromatic nitrogens is 1. The third kappa shape index (κ3) is 4.66. The van der Waals surface area contributed by atoms with Gasteiger partial charge in [0.1, 0.15) is 0 Å². The van der Waals surface area contributed by atoms with Crippen LogP contribution in [-0.2, 0) is 20.8 Å². The molecule has 0 spiro atoms. The fourth-order valence-electron chi connectivity index (χ4n) is 5.06. The summed E-state index contributed by atoms with van der Waals surface area (Å²) < 4.78 is 0. The maximum absolute atomic E-state index is 12.8. The monoisotopic (exact) mass is 436 g/mol. The maximum atomic E-state index is 12.8. The Bertz CT molecular complexity index is 1000. The van der Waals surface area contributed by atoms with Crippen molar-refractivity contribution in [2.24, 2.45) is 17.8 Å². The van der Waals surface area contributed by atoms with Gasteiger partial charge in [-0.3, -0.25) is 14.4 Å². The number of carbonyl (C=O) groups is 3. The lowest BCUT2D eigenvalue weighted by molar-refractivity contribution is -0.133. The van der Waals surface area contributed by atoms with E-state index in [1.807, 2.05) is 40.3 Å². The van der Waals surface area contributed by atoms with E-state index < -0.39 is 0 Å². The van der Waals surface area contributed by atoms with E-state index in [9.17, 15) is 14.4 Å². The van der Waals surface area contributed by atoms with E-state index in [4.69, 9.17) is 0 Å². The summed E-state index contributed by atoms with van der Waals surface area (Å²) in [7, 11) is 0. The van der Waals surface area contributed by atoms with E-state index in [-0.39, 0.29) is 23.6 Å². The molecule has 1 saturated carbocycles. The molecule has 2 saturated heterocycles. The summed E-state index contributed by atoms with van der Waals surface area (Å²) in [6.07, 6.45) is 6.91. The highest BCUT2D eigenvalue weighted by Gasteiger charge is 2.36. The molecule has 7 nitrogen and oxygen atoms in total. The number of piperidine rings is 1. The largest absolute Gasteiger partial charge is 0.361 e. The lowest BCUT2D eigenvalue weighted by atomic mass is 9.95. The number of H-pyrrole nitrogens is 1. The molecule has 2 aromatic rings. The Labute approximate surface area is 188 Å². The van der Waals surface area contributed by atoms with Gasteiger partial charge in [-0.1, -0.05) is 18.2 Å². The molecule has 1 unspecified atom stereocenters. The third-order valence-corrected chi connectivity index (χ3v) is 7.31. The number of amides is 3. The molecule has 5 rings (SSSR count). The molecule has 0 bridgehead atoms. The first-order valence-corrected chi connectivity index (χ1v) is 11.9. The molecule has 7 heteroatoms. The molecule has 1 aromatic carbocycles. The Morgan fingerprint density at radius 3 is 2.62 bits per heavy atom. The van der Waals surface area contributed by atoms with Crippen LogP contribution in [0.3, 0.4) is 0 Å². The van der Waals surface area contributed by atoms with Crippen molar-refractivity contribution in [3.63, 3.8) is 0 Å². The van der Waals surface area contributed by atoms with Crippen LogP contribution in [0.25, 0.3) is 10.9 Å². The van der Waals surface area contributed by atoms with Gasteiger partial charge in [0.25, 0.3) is 0 Å². The first kappa shape index (κ1) is 21.0. The number of nitrogens with zero attached hydrogens (tertiary/aromatic N) is 2. The second-order valence-corrected chi connectivity index (χ2v) is 9.75. The van der Waals surface area contributed by atoms with Crippen molar-refractivity contribution < 1.29 is 14.4 Å². The van der Waals surface area contributed by atoms with Crippen molar-refractivity contribution in [2.75, 3.05) is 32.7 Å². The SMILES string of the molecule is O=C(NCC1CC1)C1CC(=O)N(CC2CCN(C(=O)Cc3c[nH]c4ccccc34)CC2)C1. The van der Waals surface area contributed by atoms with Crippen LogP contribution in [0.15, 0.2) is 30.5 Å². The summed E-state index contributed by atoms with van der Waals surface area (Å²) in [6.45, 7) is 3.47. The van der Waals surface area contributed by atoms with Crippen LogP contribution in [0.4, 0.5) is 0 Å². The molecule has 3 fully saturated rings. The van der Waals surface area contributed by atoms with Crippen molar-refractivity contribution in [3.8, 4) is 0 Å². The molecule has 3 heterocycles. The first-order chi connectivity index (χ1) is 15.6. The second kappa shape index (κ2) is 8.96. The Hall–Kier alpha value is -2.83. The summed E-state index contributed by atoms with van der Waals surface area (Å²) in [5.41, 5.74) is 2.10. The fourth-order valence-corrected chi connectivity index (χ4v) is 5.06. The van der Waals surface area contributed by atoms with Gasteiger partial charge < -0.3 is 20.1 Å². The molecule has 1 aliphatic carbocycles. The number of hydrogen-bond acceptors (Lipinski definition) is 3. The predicted molar refractivity (Wildman–Crippen MR) is 122 cm³/mol. The molecule has 3 amide bonds. The van der Waals surface area contributed by atoms with E-state index in [1.165, 1.54) is 12.8 Å². The second-order valence-electron chi connectivity index (χ2n) is 9.75. The van der Waals surface area contributed by atoms with Gasteiger partial charge in [0.15, 0.2) is 0 Å². The molecule has 2 N–H and O–H groups in total. The smallest absolute Gasteiger partial charge is 0.227 e. The maximum Gasteiger partial charge on any atom is 0.227 e. The van der Waals surface area contributed by atoms with Crippen LogP contribution in [-0.4, -0.2) is 65.2 Å². The summed E-state index contributed by atoms with van der Waals surface area (Å²) >= 11 is 0. The van der Waals surface area contributed by atoms with Gasteiger partial charge in [-0.2, -0.15) is 0 Å². The van der Waals surface area contributed by atoms with Crippen LogP contribution in [0, 0.1) is 17.8 Å². The summed E-state index contributed by atoms with van der Waals surface area (Å²) in [5, 5.41) is 4.12. The average molecular weight is 437 g/mol. The number of carbonyl (C=O) groups excluding carboxylic acids is 3. The highest BCUT2D eigenvalue weighted by molar-refractivity contribution is 5.90. The van der Waals surface area contributed by atoms with Gasteiger partial charge >= 0.3 is 0 Å². The quantitative estimate of drug-likeness (QED) is 0.699. The minimum absolute atomic E-state index is 0.0328. The fraction of sp³-hybridized carbons (Fsp3) is 0.560. The molecular weight excluding hydrogens is 404 g/mol. The Morgan fingerprint density at radius 1 is 1.06 bits per heavy atom. The zero-order chi connectivity index (χ0) is 22.1. The topological polar surface area (TPSA) is 85.5 Å². The Kier molecular flexibility index (Phi) is 5.89. The van der Waals surface area contributed by atoms with Gasteiger partial charge in [-0.05, 0) is 49.1 Å². The number of rotatable bonds is 7. The van der Waals surface area contributed by atoms with Crippen molar-refractivity contribution in [1.82, 2.24) is 20.1 Å². The van der Waals surface area contributed by atoms with Crippen LogP contribution in [0.2, 0.25) is 0 Å². The number of hydrogen-bond donors (Lipinski definition) is 2. The minimum atomic E-state index is -0.209. The van der Waals surface area contributed by atoms with Gasteiger partial charge in [-0.15, -0.1) is 0 Å². The lowest BCUT2D eigenvalue weighted by Crippen LogP contribution is -2.42. The average Bonchev–Trinajstić information content (AvgIpc) is 3.45. The molecule has 3 aliphatic rings. The Morgan fingerprint density at radius 2 is 1.84 bits per heavy atom. The number of fused-ring (bicyclic) bond motifs is 1. The van der Waals surface area contributed by atoms with Gasteiger partial charge in [-0.25, -0.2) is 0 Å². The number of nitrogens with one attached hydrogen (secondary N) is 2. The lowest BCUT2D eigenvalue weighted by Gasteiger charge is -2.34. The van der Waals surface area contributed by atoms with Gasteiger partial charge in [0, 0.05) is 56.2 Å². The Balaban J connectivity index is 1.08. The predicted octanol–water partition coefficient (Wildman–Crippen LogP) is 2.32. The van der Waals surface area contributed by atoms with Gasteiger partial charge in [0.05, 0.1) is 12.3 Å². The van der Waals surface area contributed by atoms with Crippen molar-refractivity contribution in [3.05, 3.63) is 36.0 Å². The van der Waals surface area contributed by atoms with Crippen molar-refractivity contribution in [1.29, 1.82) is 0 Å². The van der Waals surface area contributed by atoms with E-state index in [0.29, 0.717) is 37.8 Å². The molecule has 0 radical (unpaired) electrons. The number of benzene rings is 1. The highest BCUT2D eigenvalue weighted by atomic mass is 16.2. The van der Waals surface area contributed by atoms with E-state index in [0.717, 1.165) is 48.9 Å². The zero-order valence-electron chi connectivity index (χ0n) is 18.5. The zero-order valence-corrected chi connectivity index (χ0v) is 18.5. The van der Waals surface area contributed by atoms with E-state index in [2.05, 4.69) is 10.3 Å². The molecule has 1 atom stereocenters. The number of likely N-dealkylation sites (tertiary alicyclic amines) is 2. The summed E-state index contributed by atoms with van der Waals surface area (Å²) in [5.74, 6) is 1.12. The molecular formula is C25H32N4O3. The van der Waals surface area contributed by atoms with Crippen molar-refractivity contribution >= 4 is 28.6 Å². The van der Waals surface area contributed by atoms with Gasteiger partial charge in [0.2, 0.25) is 17.7 Å². The highest BCUT2D eigenvalue weighted by Crippen LogP contribution is 2.28. The minimum Gasteiger partial charge on any atom is -0.361 e. The molecule has 32 heavy (non-hydrogen) atoms. The van der Waals surface area contributed by atoms with Crippen molar-refractivity contribution in [2.45, 2.75) is 38.5 Å². The van der Waals surface area contributed by atoms with Crippen LogP contribution in [0.1, 0.15) is 37.7 Å². The molecule has 2 aliphatic heterocycles. The normalized spacial score (nSPS) is 22.0. The van der Waals surface area contributed by atoms with E-state index >= 15 is 0 Å². The number of para-hydroxylation sites is 1. The summed E-state index contributed by atoms with van der Waals surface area (Å²) in [6, 6.07) is 8.06. The van der Waals surface area contributed by atoms with E-state index in [1.54, 1.807) is 0 Å². The molecule has 1 aromatic heterocycles. The van der Waals surface area contributed by atoms with Crippen LogP contribution in [0.5, 0.6) is 0 Å². The number of aromatic amines is 1. The first-order valence-electron chi connectivity index (χ1n) is 11.9. The standard InChI is InChI=1S/C25H32N4O3/c30-23(11-19-14-26-22-4-2-1-3-21(19)22)28-9-7-18(8-10-28)15-29-16-20(12-24(29)31)25(32)27-13-17-5-6-17/h1-4,14,17-18,20,26H,5-13,15-16H2,(H,27,32). The third-order valence-electron chi connectivity index (χ3n) is 7.31.